The Morgan fingerprint density at radius 1 is 1.02 bits per heavy atom. The summed E-state index contributed by atoms with van der Waals surface area (Å²) >= 11 is 9.52. The van der Waals surface area contributed by atoms with Crippen molar-refractivity contribution >= 4 is 67.3 Å². The minimum Gasteiger partial charge on any atom is -0.379 e. The van der Waals surface area contributed by atoms with E-state index in [1.807, 2.05) is 12.1 Å². The number of carbonyl (C=O) groups excluding carboxylic acids is 2. The number of carbonyl (C=O) groups is 2. The molecule has 1 aliphatic rings. The third-order valence-electron chi connectivity index (χ3n) is 6.72. The third-order valence-corrected chi connectivity index (χ3v) is 7.62. The smallest absolute Gasteiger partial charge is 0.261 e. The number of fused-ring (bicyclic) bond motifs is 2. The number of amides is 2. The first kappa shape index (κ1) is 27.3. The van der Waals surface area contributed by atoms with Crippen LogP contribution in [0.5, 0.6) is 0 Å². The molecule has 0 spiro atoms. The maximum absolute atomic E-state index is 13.7. The Morgan fingerprint density at radius 3 is 2.50 bits per heavy atom. The summed E-state index contributed by atoms with van der Waals surface area (Å²) in [5.41, 5.74) is 4.09. The molecule has 0 unspecified atom stereocenters. The predicted octanol–water partition coefficient (Wildman–Crippen LogP) is 5.90. The monoisotopic (exact) mass is 644 g/mol. The topological polar surface area (TPSA) is 129 Å². The van der Waals surface area contributed by atoms with Crippen LogP contribution < -0.4 is 10.6 Å². The van der Waals surface area contributed by atoms with Gasteiger partial charge < -0.3 is 10.6 Å². The van der Waals surface area contributed by atoms with E-state index in [0.717, 1.165) is 0 Å². The SMILES string of the molecule is N#Cc1cnc2c(Br)cc(NCc3cn(CCN4C(=O)c5ccccc5C4=O)nn3)cc2c1Nc1ccc(F)c(Cl)c1. The van der Waals surface area contributed by atoms with E-state index in [1.165, 1.54) is 29.3 Å². The van der Waals surface area contributed by atoms with Crippen molar-refractivity contribution in [2.24, 2.45) is 0 Å². The van der Waals surface area contributed by atoms with E-state index >= 15 is 0 Å². The van der Waals surface area contributed by atoms with Crippen molar-refractivity contribution in [1.29, 1.82) is 5.26 Å². The van der Waals surface area contributed by atoms with Gasteiger partial charge in [-0.15, -0.1) is 5.10 Å². The number of halogens is 3. The summed E-state index contributed by atoms with van der Waals surface area (Å²) in [5.74, 6) is -1.17. The van der Waals surface area contributed by atoms with Crippen LogP contribution in [0.15, 0.2) is 71.5 Å². The lowest BCUT2D eigenvalue weighted by atomic mass is 10.1. The van der Waals surface area contributed by atoms with Crippen LogP contribution in [0.3, 0.4) is 0 Å². The molecule has 0 saturated heterocycles. The summed E-state index contributed by atoms with van der Waals surface area (Å²) in [6, 6.07) is 16.8. The highest BCUT2D eigenvalue weighted by molar-refractivity contribution is 9.10. The molecule has 0 atom stereocenters. The first-order valence-electron chi connectivity index (χ1n) is 12.6. The number of aromatic nitrogens is 4. The fourth-order valence-corrected chi connectivity index (χ4v) is 5.41. The van der Waals surface area contributed by atoms with Crippen LogP contribution in [0.2, 0.25) is 5.02 Å². The van der Waals surface area contributed by atoms with E-state index in [0.29, 0.717) is 67.9 Å². The highest BCUT2D eigenvalue weighted by Gasteiger charge is 2.34. The number of benzene rings is 3. The predicted molar refractivity (Wildman–Crippen MR) is 158 cm³/mol. The fourth-order valence-electron chi connectivity index (χ4n) is 4.67. The van der Waals surface area contributed by atoms with E-state index < -0.39 is 5.82 Å². The Bertz CT molecular complexity index is 1900. The summed E-state index contributed by atoms with van der Waals surface area (Å²) in [6.45, 7) is 0.793. The van der Waals surface area contributed by atoms with E-state index in [1.54, 1.807) is 35.1 Å². The van der Waals surface area contributed by atoms with E-state index in [2.05, 4.69) is 47.9 Å². The molecule has 0 bridgehead atoms. The zero-order chi connectivity index (χ0) is 29.4. The molecule has 10 nitrogen and oxygen atoms in total. The average molecular weight is 646 g/mol. The first-order valence-corrected chi connectivity index (χ1v) is 13.8. The number of nitrogens with one attached hydrogen (secondary N) is 2. The zero-order valence-corrected chi connectivity index (χ0v) is 23.9. The van der Waals surface area contributed by atoms with Crippen molar-refractivity contribution in [3.05, 3.63) is 105 Å². The van der Waals surface area contributed by atoms with E-state index in [4.69, 9.17) is 11.6 Å². The van der Waals surface area contributed by atoms with Crippen molar-refractivity contribution in [2.75, 3.05) is 17.2 Å². The molecule has 2 amide bonds. The van der Waals surface area contributed by atoms with Crippen molar-refractivity contribution in [1.82, 2.24) is 24.9 Å². The maximum Gasteiger partial charge on any atom is 0.261 e. The molecule has 3 heterocycles. The lowest BCUT2D eigenvalue weighted by Gasteiger charge is -2.14. The maximum atomic E-state index is 13.7. The molecule has 42 heavy (non-hydrogen) atoms. The molecule has 1 aliphatic heterocycles. The number of hydrogen-bond donors (Lipinski definition) is 2. The quantitative estimate of drug-likeness (QED) is 0.200. The van der Waals surface area contributed by atoms with Gasteiger partial charge in [0.2, 0.25) is 0 Å². The lowest BCUT2D eigenvalue weighted by Crippen LogP contribution is -2.33. The number of anilines is 3. The van der Waals surface area contributed by atoms with Crippen LogP contribution in [0.4, 0.5) is 21.5 Å². The van der Waals surface area contributed by atoms with Crippen LogP contribution in [0.25, 0.3) is 10.9 Å². The van der Waals surface area contributed by atoms with E-state index in [-0.39, 0.29) is 23.4 Å². The fraction of sp³-hybridized carbons (Fsp3) is 0.103. The highest BCUT2D eigenvalue weighted by Crippen LogP contribution is 2.35. The second-order valence-corrected chi connectivity index (χ2v) is 10.7. The molecular formula is C29H19BrClFN8O2. The standard InChI is InChI=1S/C29H19BrClFN8O2/c30-23-10-18(9-22-26(16(12-33)13-35-27(22)23)36-17-5-6-25(32)24(31)11-17)34-14-19-15-39(38-37-19)7-8-40-28(41)20-3-1-2-4-21(20)29(40)42/h1-6,9-11,13,15,34H,7-8,14H2,(H,35,36). The average Bonchev–Trinajstić information content (AvgIpc) is 3.55. The highest BCUT2D eigenvalue weighted by atomic mass is 79.9. The van der Waals surface area contributed by atoms with Crippen LogP contribution in [0, 0.1) is 17.1 Å². The third kappa shape index (κ3) is 5.15. The summed E-state index contributed by atoms with van der Waals surface area (Å²) in [6.07, 6.45) is 3.20. The summed E-state index contributed by atoms with van der Waals surface area (Å²) in [7, 11) is 0. The number of pyridine rings is 1. The van der Waals surface area contributed by atoms with E-state index in [9.17, 15) is 19.2 Å². The van der Waals surface area contributed by atoms with Gasteiger partial charge in [0.15, 0.2) is 0 Å². The largest absolute Gasteiger partial charge is 0.379 e. The van der Waals surface area contributed by atoms with Crippen LogP contribution in [-0.2, 0) is 13.1 Å². The molecule has 0 radical (unpaired) electrons. The summed E-state index contributed by atoms with van der Waals surface area (Å²) in [5, 5.41) is 25.1. The molecule has 2 N–H and O–H groups in total. The van der Waals surface area contributed by atoms with Gasteiger partial charge in [-0.1, -0.05) is 28.9 Å². The van der Waals surface area contributed by atoms with Crippen molar-refractivity contribution in [3.8, 4) is 6.07 Å². The Balaban J connectivity index is 1.17. The van der Waals surface area contributed by atoms with Crippen LogP contribution >= 0.6 is 27.5 Å². The number of hydrogen-bond acceptors (Lipinski definition) is 8. The number of imide groups is 1. The van der Waals surface area contributed by atoms with Crippen molar-refractivity contribution in [2.45, 2.75) is 13.1 Å². The molecule has 2 aromatic heterocycles. The molecule has 0 saturated carbocycles. The van der Waals surface area contributed by atoms with Gasteiger partial charge in [-0.2, -0.15) is 5.26 Å². The lowest BCUT2D eigenvalue weighted by molar-refractivity contribution is 0.0647. The second kappa shape index (κ2) is 11.2. The van der Waals surface area contributed by atoms with Crippen LogP contribution in [0.1, 0.15) is 32.0 Å². The minimum atomic E-state index is -0.544. The van der Waals surface area contributed by atoms with Gasteiger partial charge in [0, 0.05) is 34.0 Å². The molecule has 0 fully saturated rings. The molecule has 5 aromatic rings. The summed E-state index contributed by atoms with van der Waals surface area (Å²) in [4.78, 5) is 30.9. The number of nitriles is 1. The molecule has 6 rings (SSSR count). The van der Waals surface area contributed by atoms with Gasteiger partial charge in [0.05, 0.1) is 52.2 Å². The Labute approximate surface area is 251 Å². The van der Waals surface area contributed by atoms with Gasteiger partial charge in [-0.25, -0.2) is 4.39 Å². The number of rotatable bonds is 8. The van der Waals surface area contributed by atoms with Crippen molar-refractivity contribution < 1.29 is 14.0 Å². The number of nitrogens with zero attached hydrogens (tertiary/aromatic N) is 6. The molecular weight excluding hydrogens is 627 g/mol. The Morgan fingerprint density at radius 2 is 1.79 bits per heavy atom. The molecule has 208 valence electrons. The normalized spacial score (nSPS) is 12.5. The zero-order valence-electron chi connectivity index (χ0n) is 21.6. The first-order chi connectivity index (χ1) is 20.3. The Hall–Kier alpha value is -4.86. The van der Waals surface area contributed by atoms with Gasteiger partial charge >= 0.3 is 0 Å². The van der Waals surface area contributed by atoms with Crippen LogP contribution in [-0.4, -0.2) is 43.2 Å². The molecule has 3 aromatic carbocycles. The van der Waals surface area contributed by atoms with Gasteiger partial charge in [0.25, 0.3) is 11.8 Å². The second-order valence-electron chi connectivity index (χ2n) is 9.40. The molecule has 13 heteroatoms. The van der Waals surface area contributed by atoms with Gasteiger partial charge in [-0.3, -0.25) is 24.2 Å². The summed E-state index contributed by atoms with van der Waals surface area (Å²) < 4.78 is 16.0. The van der Waals surface area contributed by atoms with Gasteiger partial charge in [0.1, 0.15) is 17.6 Å². The Kier molecular flexibility index (Phi) is 7.28. The minimum absolute atomic E-state index is 0.0443. The molecule has 0 aliphatic carbocycles. The van der Waals surface area contributed by atoms with Crippen molar-refractivity contribution in [3.63, 3.8) is 0 Å². The van der Waals surface area contributed by atoms with Gasteiger partial charge in [-0.05, 0) is 58.4 Å².